The minimum absolute atomic E-state index is 0.128. The Morgan fingerprint density at radius 2 is 2.17 bits per heavy atom. The third-order valence-corrected chi connectivity index (χ3v) is 2.35. The number of nitrogens with zero attached hydrogens (tertiary/aromatic N) is 1. The number of aryl methyl sites for hydroxylation is 1. The van der Waals surface area contributed by atoms with Gasteiger partial charge in [-0.15, -0.1) is 0 Å². The first-order valence-electron chi connectivity index (χ1n) is 5.29. The Hall–Kier alpha value is -1.86. The number of amides is 1. The fraction of sp³-hybridized carbons (Fsp3) is 0.455. The van der Waals surface area contributed by atoms with Gasteiger partial charge >= 0.3 is 5.97 Å². The van der Waals surface area contributed by atoms with Crippen LogP contribution in [0, 0.1) is 0 Å². The molecule has 0 spiro atoms. The van der Waals surface area contributed by atoms with Gasteiger partial charge in [0, 0.05) is 20.4 Å². The minimum atomic E-state index is -0.753. The molecular formula is C11H17N3O4. The second-order valence-electron chi connectivity index (χ2n) is 3.77. The van der Waals surface area contributed by atoms with Crippen LogP contribution in [0.15, 0.2) is 12.3 Å². The minimum Gasteiger partial charge on any atom is -0.464 e. The quantitative estimate of drug-likeness (QED) is 0.706. The Morgan fingerprint density at radius 3 is 2.72 bits per heavy atom. The molecule has 0 aliphatic carbocycles. The molecule has 1 aromatic heterocycles. The van der Waals surface area contributed by atoms with Crippen LogP contribution in [0.25, 0.3) is 0 Å². The lowest BCUT2D eigenvalue weighted by Crippen LogP contribution is -2.39. The Bertz CT molecular complexity index is 441. The number of nitrogens with one attached hydrogen (secondary N) is 1. The fourth-order valence-electron chi connectivity index (χ4n) is 1.43. The second kappa shape index (κ2) is 6.18. The lowest BCUT2D eigenvalue weighted by molar-refractivity contribution is -0.118. The van der Waals surface area contributed by atoms with E-state index in [-0.39, 0.29) is 12.5 Å². The van der Waals surface area contributed by atoms with E-state index in [2.05, 4.69) is 10.1 Å². The summed E-state index contributed by atoms with van der Waals surface area (Å²) in [5.74, 6) is -0.849. The SMILES string of the molecule is COCC(N)C(=O)Nc1cc(C(=O)OC)n(C)c1. The van der Waals surface area contributed by atoms with Gasteiger partial charge in [0.05, 0.1) is 19.4 Å². The molecule has 0 bridgehead atoms. The van der Waals surface area contributed by atoms with E-state index in [9.17, 15) is 9.59 Å². The molecule has 0 radical (unpaired) electrons. The smallest absolute Gasteiger partial charge is 0.354 e. The molecule has 18 heavy (non-hydrogen) atoms. The molecule has 1 amide bonds. The zero-order valence-electron chi connectivity index (χ0n) is 10.6. The van der Waals surface area contributed by atoms with Crippen LogP contribution in [0.5, 0.6) is 0 Å². The number of rotatable bonds is 5. The first-order chi connectivity index (χ1) is 8.49. The van der Waals surface area contributed by atoms with Crippen molar-refractivity contribution in [1.29, 1.82) is 0 Å². The van der Waals surface area contributed by atoms with E-state index in [4.69, 9.17) is 10.5 Å². The van der Waals surface area contributed by atoms with E-state index < -0.39 is 12.0 Å². The second-order valence-corrected chi connectivity index (χ2v) is 3.77. The van der Waals surface area contributed by atoms with Gasteiger partial charge in [-0.2, -0.15) is 0 Å². The van der Waals surface area contributed by atoms with Crippen LogP contribution in [-0.2, 0) is 21.3 Å². The van der Waals surface area contributed by atoms with Gasteiger partial charge in [-0.25, -0.2) is 4.79 Å². The largest absolute Gasteiger partial charge is 0.464 e. The fourth-order valence-corrected chi connectivity index (χ4v) is 1.43. The molecule has 0 aliphatic rings. The highest BCUT2D eigenvalue weighted by molar-refractivity contribution is 5.96. The number of anilines is 1. The number of aromatic nitrogens is 1. The summed E-state index contributed by atoms with van der Waals surface area (Å²) in [5.41, 5.74) is 6.39. The van der Waals surface area contributed by atoms with E-state index in [0.717, 1.165) is 0 Å². The Morgan fingerprint density at radius 1 is 1.50 bits per heavy atom. The summed E-state index contributed by atoms with van der Waals surface area (Å²) < 4.78 is 10.9. The summed E-state index contributed by atoms with van der Waals surface area (Å²) in [6, 6.07) is 0.764. The molecule has 100 valence electrons. The molecule has 3 N–H and O–H groups in total. The number of nitrogens with two attached hydrogens (primary N) is 1. The Labute approximate surface area is 105 Å². The van der Waals surface area contributed by atoms with Gasteiger partial charge in [0.25, 0.3) is 0 Å². The first kappa shape index (κ1) is 14.2. The van der Waals surface area contributed by atoms with Crippen LogP contribution in [0.1, 0.15) is 10.5 Å². The molecule has 1 atom stereocenters. The van der Waals surface area contributed by atoms with Crippen molar-refractivity contribution >= 4 is 17.6 Å². The topological polar surface area (TPSA) is 95.6 Å². The highest BCUT2D eigenvalue weighted by atomic mass is 16.5. The molecule has 0 fully saturated rings. The number of carbonyl (C=O) groups excluding carboxylic acids is 2. The molecule has 7 nitrogen and oxygen atoms in total. The van der Waals surface area contributed by atoms with Gasteiger partial charge in [0.15, 0.2) is 0 Å². The van der Waals surface area contributed by atoms with Crippen LogP contribution in [-0.4, -0.2) is 43.3 Å². The van der Waals surface area contributed by atoms with Crippen molar-refractivity contribution in [2.24, 2.45) is 12.8 Å². The standard InChI is InChI=1S/C11H17N3O4/c1-14-5-7(4-9(14)11(16)18-3)13-10(15)8(12)6-17-2/h4-5,8H,6,12H2,1-3H3,(H,13,15). The predicted molar refractivity (Wildman–Crippen MR) is 65.2 cm³/mol. The monoisotopic (exact) mass is 255 g/mol. The molecule has 0 saturated carbocycles. The van der Waals surface area contributed by atoms with Gasteiger partial charge in [-0.05, 0) is 6.07 Å². The van der Waals surface area contributed by atoms with Gasteiger partial charge in [0.2, 0.25) is 5.91 Å². The van der Waals surface area contributed by atoms with Crippen LogP contribution in [0.4, 0.5) is 5.69 Å². The van der Waals surface area contributed by atoms with Crippen molar-refractivity contribution in [3.63, 3.8) is 0 Å². The third-order valence-electron chi connectivity index (χ3n) is 2.35. The molecule has 1 aromatic rings. The maximum atomic E-state index is 11.6. The van der Waals surface area contributed by atoms with Crippen LogP contribution in [0.3, 0.4) is 0 Å². The lowest BCUT2D eigenvalue weighted by atomic mass is 10.3. The van der Waals surface area contributed by atoms with E-state index in [1.165, 1.54) is 20.3 Å². The van der Waals surface area contributed by atoms with Crippen molar-refractivity contribution in [2.75, 3.05) is 26.1 Å². The normalized spacial score (nSPS) is 12.0. The summed E-state index contributed by atoms with van der Waals surface area (Å²) in [6.07, 6.45) is 1.60. The molecule has 0 saturated heterocycles. The summed E-state index contributed by atoms with van der Waals surface area (Å²) in [7, 11) is 4.43. The van der Waals surface area contributed by atoms with Crippen LogP contribution < -0.4 is 11.1 Å². The van der Waals surface area contributed by atoms with Crippen molar-refractivity contribution in [1.82, 2.24) is 4.57 Å². The van der Waals surface area contributed by atoms with Gasteiger partial charge in [0.1, 0.15) is 11.7 Å². The summed E-state index contributed by atoms with van der Waals surface area (Å²) >= 11 is 0. The molecule has 1 heterocycles. The summed E-state index contributed by atoms with van der Waals surface area (Å²) in [4.78, 5) is 23.0. The van der Waals surface area contributed by atoms with E-state index in [1.54, 1.807) is 17.8 Å². The summed E-state index contributed by atoms with van der Waals surface area (Å²) in [6.45, 7) is 0.128. The third kappa shape index (κ3) is 3.31. The first-order valence-corrected chi connectivity index (χ1v) is 5.29. The van der Waals surface area contributed by atoms with Gasteiger partial charge in [-0.3, -0.25) is 4.79 Å². The van der Waals surface area contributed by atoms with Crippen molar-refractivity contribution < 1.29 is 19.1 Å². The maximum absolute atomic E-state index is 11.6. The van der Waals surface area contributed by atoms with Crippen LogP contribution in [0.2, 0.25) is 0 Å². The van der Waals surface area contributed by atoms with Crippen molar-refractivity contribution in [3.8, 4) is 0 Å². The van der Waals surface area contributed by atoms with E-state index >= 15 is 0 Å². The lowest BCUT2D eigenvalue weighted by Gasteiger charge is -2.09. The Balaban J connectivity index is 2.74. The van der Waals surface area contributed by atoms with Gasteiger partial charge in [-0.1, -0.05) is 0 Å². The van der Waals surface area contributed by atoms with Crippen molar-refractivity contribution in [3.05, 3.63) is 18.0 Å². The highest BCUT2D eigenvalue weighted by Gasteiger charge is 2.16. The zero-order valence-corrected chi connectivity index (χ0v) is 10.6. The Kier molecular flexibility index (Phi) is 4.87. The molecular weight excluding hydrogens is 238 g/mol. The average Bonchev–Trinajstić information content (AvgIpc) is 2.69. The molecule has 0 aliphatic heterocycles. The highest BCUT2D eigenvalue weighted by Crippen LogP contribution is 2.13. The molecule has 1 rings (SSSR count). The zero-order chi connectivity index (χ0) is 13.7. The van der Waals surface area contributed by atoms with Crippen molar-refractivity contribution in [2.45, 2.75) is 6.04 Å². The number of hydrogen-bond donors (Lipinski definition) is 2. The maximum Gasteiger partial charge on any atom is 0.354 e. The predicted octanol–water partition coefficient (Wildman–Crippen LogP) is -0.276. The average molecular weight is 255 g/mol. The number of esters is 1. The molecule has 0 aromatic carbocycles. The molecule has 7 heteroatoms. The number of ether oxygens (including phenoxy) is 2. The number of methoxy groups -OCH3 is 2. The molecule has 1 unspecified atom stereocenters. The van der Waals surface area contributed by atoms with E-state index in [1.807, 2.05) is 0 Å². The van der Waals surface area contributed by atoms with E-state index in [0.29, 0.717) is 11.4 Å². The summed E-state index contributed by atoms with van der Waals surface area (Å²) in [5, 5.41) is 2.59. The van der Waals surface area contributed by atoms with Crippen LogP contribution >= 0.6 is 0 Å². The number of carbonyl (C=O) groups is 2. The number of hydrogen-bond acceptors (Lipinski definition) is 5. The van der Waals surface area contributed by atoms with Gasteiger partial charge < -0.3 is 25.1 Å².